The fraction of sp³-hybridized carbons (Fsp3) is 0. The molecule has 21 heavy (non-hydrogen) atoms. The van der Waals surface area contributed by atoms with Crippen molar-refractivity contribution in [1.82, 2.24) is 9.46 Å². The predicted octanol–water partition coefficient (Wildman–Crippen LogP) is -0.176. The van der Waals surface area contributed by atoms with Crippen LogP contribution in [0.4, 0.5) is 9.59 Å². The minimum atomic E-state index is -1.49. The molecule has 9 heteroatoms. The van der Waals surface area contributed by atoms with E-state index in [1.165, 1.54) is 24.3 Å². The Bertz CT molecular complexity index is 712. The summed E-state index contributed by atoms with van der Waals surface area (Å²) in [5.41, 5.74) is -1.27. The molecule has 2 heterocycles. The van der Waals surface area contributed by atoms with Crippen molar-refractivity contribution in [1.29, 1.82) is 0 Å². The van der Waals surface area contributed by atoms with Gasteiger partial charge in [-0.15, -0.1) is 9.46 Å². The second-order valence-corrected chi connectivity index (χ2v) is 3.51. The lowest BCUT2D eigenvalue weighted by Gasteiger charge is -2.06. The SMILES string of the molecule is O=C(OC(=O)On1ccccc1=O)On1ccccc1=O. The Hall–Kier alpha value is -3.36. The van der Waals surface area contributed by atoms with Crippen molar-refractivity contribution in [3.8, 4) is 0 Å². The largest absolute Gasteiger partial charge is 0.544 e. The summed E-state index contributed by atoms with van der Waals surface area (Å²) in [6.45, 7) is 0. The second-order valence-electron chi connectivity index (χ2n) is 3.51. The first kappa shape index (κ1) is 14.1. The van der Waals surface area contributed by atoms with Crippen LogP contribution in [0.2, 0.25) is 0 Å². The molecule has 0 bridgehead atoms. The molecule has 2 aromatic heterocycles. The van der Waals surface area contributed by atoms with Crippen molar-refractivity contribution in [2.75, 3.05) is 0 Å². The van der Waals surface area contributed by atoms with Gasteiger partial charge in [0.2, 0.25) is 0 Å². The second kappa shape index (κ2) is 6.19. The van der Waals surface area contributed by atoms with E-state index < -0.39 is 23.4 Å². The van der Waals surface area contributed by atoms with Crippen LogP contribution in [0, 0.1) is 0 Å². The summed E-state index contributed by atoms with van der Waals surface area (Å²) >= 11 is 0. The van der Waals surface area contributed by atoms with Crippen LogP contribution in [0.15, 0.2) is 58.4 Å². The van der Waals surface area contributed by atoms with Gasteiger partial charge in [-0.1, -0.05) is 12.1 Å². The van der Waals surface area contributed by atoms with Crippen molar-refractivity contribution in [3.63, 3.8) is 0 Å². The Morgan fingerprint density at radius 3 is 1.57 bits per heavy atom. The topological polar surface area (TPSA) is 106 Å². The smallest absolute Gasteiger partial charge is 0.324 e. The van der Waals surface area contributed by atoms with Crippen LogP contribution < -0.4 is 20.8 Å². The number of rotatable bonds is 2. The standard InChI is InChI=1S/C12H8N2O7/c15-9-5-1-3-7-13(9)20-11(17)19-12(18)21-14-8-4-2-6-10(14)16/h1-8H. The number of aromatic nitrogens is 2. The lowest BCUT2D eigenvalue weighted by atomic mass is 10.5. The molecule has 0 aliphatic rings. The summed E-state index contributed by atoms with van der Waals surface area (Å²) < 4.78 is 5.25. The quantitative estimate of drug-likeness (QED) is 0.558. The van der Waals surface area contributed by atoms with Crippen LogP contribution in [-0.2, 0) is 4.74 Å². The van der Waals surface area contributed by atoms with Crippen LogP contribution in [0.3, 0.4) is 0 Å². The van der Waals surface area contributed by atoms with E-state index in [4.69, 9.17) is 0 Å². The van der Waals surface area contributed by atoms with E-state index in [0.717, 1.165) is 24.5 Å². The fourth-order valence-corrected chi connectivity index (χ4v) is 1.24. The molecule has 108 valence electrons. The highest BCUT2D eigenvalue weighted by Crippen LogP contribution is 1.87. The molecular weight excluding hydrogens is 284 g/mol. The summed E-state index contributed by atoms with van der Waals surface area (Å²) in [4.78, 5) is 53.9. The normalized spacial score (nSPS) is 9.71. The number of hydrogen-bond acceptors (Lipinski definition) is 7. The molecule has 0 spiro atoms. The van der Waals surface area contributed by atoms with Crippen LogP contribution in [-0.4, -0.2) is 21.8 Å². The Morgan fingerprint density at radius 2 is 1.19 bits per heavy atom. The summed E-state index contributed by atoms with van der Waals surface area (Å²) in [7, 11) is 0. The summed E-state index contributed by atoms with van der Waals surface area (Å²) in [5.74, 6) is 0. The van der Waals surface area contributed by atoms with Crippen molar-refractivity contribution >= 4 is 12.3 Å². The maximum absolute atomic E-state index is 11.3. The predicted molar refractivity (Wildman–Crippen MR) is 66.4 cm³/mol. The van der Waals surface area contributed by atoms with E-state index in [-0.39, 0.29) is 0 Å². The first-order chi connectivity index (χ1) is 10.1. The van der Waals surface area contributed by atoms with Crippen molar-refractivity contribution in [3.05, 3.63) is 69.5 Å². The Labute approximate surface area is 116 Å². The summed E-state index contributed by atoms with van der Waals surface area (Å²) in [5, 5.41) is 0. The molecule has 0 saturated heterocycles. The number of nitrogens with zero attached hydrogens (tertiary/aromatic N) is 2. The monoisotopic (exact) mass is 292 g/mol. The van der Waals surface area contributed by atoms with E-state index >= 15 is 0 Å². The van der Waals surface area contributed by atoms with Crippen LogP contribution >= 0.6 is 0 Å². The molecule has 2 aromatic rings. The van der Waals surface area contributed by atoms with E-state index in [0.29, 0.717) is 9.46 Å². The van der Waals surface area contributed by atoms with Gasteiger partial charge in [-0.05, 0) is 12.1 Å². The maximum Gasteiger partial charge on any atom is 0.544 e. The van der Waals surface area contributed by atoms with Gasteiger partial charge < -0.3 is 4.74 Å². The molecule has 0 aliphatic carbocycles. The van der Waals surface area contributed by atoms with Crippen LogP contribution in [0.1, 0.15) is 0 Å². The molecule has 2 rings (SSSR count). The summed E-state index contributed by atoms with van der Waals surface area (Å²) in [6.07, 6.45) is -0.678. The van der Waals surface area contributed by atoms with Crippen molar-refractivity contribution in [2.45, 2.75) is 0 Å². The van der Waals surface area contributed by atoms with E-state index in [1.54, 1.807) is 0 Å². The lowest BCUT2D eigenvalue weighted by Crippen LogP contribution is -2.35. The molecule has 0 amide bonds. The first-order valence-corrected chi connectivity index (χ1v) is 5.54. The Kier molecular flexibility index (Phi) is 4.14. The van der Waals surface area contributed by atoms with E-state index in [9.17, 15) is 19.2 Å². The molecule has 0 radical (unpaired) electrons. The molecular formula is C12H8N2O7. The van der Waals surface area contributed by atoms with Crippen LogP contribution in [0.5, 0.6) is 0 Å². The van der Waals surface area contributed by atoms with Gasteiger partial charge in [0.15, 0.2) is 0 Å². The van der Waals surface area contributed by atoms with Gasteiger partial charge >= 0.3 is 12.3 Å². The molecule has 9 nitrogen and oxygen atoms in total. The average Bonchev–Trinajstić information content (AvgIpc) is 2.44. The van der Waals surface area contributed by atoms with Gasteiger partial charge in [0.1, 0.15) is 0 Å². The van der Waals surface area contributed by atoms with Gasteiger partial charge in [0, 0.05) is 24.5 Å². The Balaban J connectivity index is 1.96. The zero-order chi connectivity index (χ0) is 15.2. The average molecular weight is 292 g/mol. The molecule has 0 N–H and O–H groups in total. The maximum atomic E-state index is 11.3. The third kappa shape index (κ3) is 3.80. The van der Waals surface area contributed by atoms with Gasteiger partial charge in [-0.25, -0.2) is 9.59 Å². The van der Waals surface area contributed by atoms with Gasteiger partial charge in [-0.2, -0.15) is 0 Å². The zero-order valence-corrected chi connectivity index (χ0v) is 10.4. The third-order valence-electron chi connectivity index (χ3n) is 2.09. The first-order valence-electron chi connectivity index (χ1n) is 5.54. The highest BCUT2D eigenvalue weighted by atomic mass is 16.9. The van der Waals surface area contributed by atoms with Gasteiger partial charge in [-0.3, -0.25) is 19.3 Å². The number of hydrogen-bond donors (Lipinski definition) is 0. The van der Waals surface area contributed by atoms with Gasteiger partial charge in [0.25, 0.3) is 11.1 Å². The van der Waals surface area contributed by atoms with Crippen LogP contribution in [0.25, 0.3) is 0 Å². The molecule has 0 fully saturated rings. The molecule has 0 atom stereocenters. The number of ether oxygens (including phenoxy) is 1. The Morgan fingerprint density at radius 1 is 0.762 bits per heavy atom. The minimum absolute atomic E-state index is 0.560. The number of carbonyl (C=O) groups is 2. The molecule has 0 aliphatic heterocycles. The fourth-order valence-electron chi connectivity index (χ4n) is 1.24. The van der Waals surface area contributed by atoms with Crippen molar-refractivity contribution < 1.29 is 24.0 Å². The van der Waals surface area contributed by atoms with E-state index in [2.05, 4.69) is 14.4 Å². The molecule has 0 aromatic carbocycles. The highest BCUT2D eigenvalue weighted by molar-refractivity contribution is 5.77. The minimum Gasteiger partial charge on any atom is -0.324 e. The van der Waals surface area contributed by atoms with Crippen molar-refractivity contribution in [2.24, 2.45) is 0 Å². The number of carbonyl (C=O) groups excluding carboxylic acids is 2. The molecule has 0 unspecified atom stereocenters. The third-order valence-corrected chi connectivity index (χ3v) is 2.09. The number of pyridine rings is 2. The highest BCUT2D eigenvalue weighted by Gasteiger charge is 2.16. The summed E-state index contributed by atoms with van der Waals surface area (Å²) in [6, 6.07) is 7.99. The molecule has 0 saturated carbocycles. The van der Waals surface area contributed by atoms with Gasteiger partial charge in [0.05, 0.1) is 0 Å². The lowest BCUT2D eigenvalue weighted by molar-refractivity contribution is 0.0254. The van der Waals surface area contributed by atoms with E-state index in [1.807, 2.05) is 0 Å². The zero-order valence-electron chi connectivity index (χ0n) is 10.4.